The van der Waals surface area contributed by atoms with Gasteiger partial charge in [-0.15, -0.1) is 0 Å². The van der Waals surface area contributed by atoms with Gasteiger partial charge in [0.2, 0.25) is 0 Å². The average Bonchev–Trinajstić information content (AvgIpc) is 2.71. The van der Waals surface area contributed by atoms with Gasteiger partial charge >= 0.3 is 5.97 Å². The Morgan fingerprint density at radius 3 is 2.50 bits per heavy atom. The van der Waals surface area contributed by atoms with Gasteiger partial charge in [0, 0.05) is 12.1 Å². The number of benzene rings is 1. The highest BCUT2D eigenvalue weighted by Gasteiger charge is 2.21. The topological polar surface area (TPSA) is 70.1 Å². The first kappa shape index (κ1) is 13.9. The number of anilines is 1. The Labute approximate surface area is 111 Å². The molecule has 0 aliphatic carbocycles. The predicted octanol–water partition coefficient (Wildman–Crippen LogP) is 2.05. The van der Waals surface area contributed by atoms with Crippen LogP contribution in [-0.4, -0.2) is 22.1 Å². The zero-order valence-corrected chi connectivity index (χ0v) is 10.4. The molecule has 0 bridgehead atoms. The van der Waals surface area contributed by atoms with E-state index in [2.05, 4.69) is 4.98 Å². The Morgan fingerprint density at radius 2 is 1.95 bits per heavy atom. The van der Waals surface area contributed by atoms with E-state index in [0.29, 0.717) is 12.1 Å². The quantitative estimate of drug-likeness (QED) is 0.876. The first-order valence-electron chi connectivity index (χ1n) is 5.60. The molecule has 1 aromatic carbocycles. The smallest absolute Gasteiger partial charge is 0.360 e. The summed E-state index contributed by atoms with van der Waals surface area (Å²) in [5.74, 6) is -4.50. The number of hydrogen-bond donors (Lipinski definition) is 1. The van der Waals surface area contributed by atoms with Gasteiger partial charge in [-0.25, -0.2) is 22.9 Å². The van der Waals surface area contributed by atoms with Crippen molar-refractivity contribution in [3.8, 4) is 5.69 Å². The second kappa shape index (κ2) is 5.24. The van der Waals surface area contributed by atoms with E-state index in [1.807, 2.05) is 0 Å². The maximum atomic E-state index is 13.6. The summed E-state index contributed by atoms with van der Waals surface area (Å²) in [4.78, 5) is 15.2. The molecule has 1 aromatic heterocycles. The van der Waals surface area contributed by atoms with Crippen LogP contribution >= 0.6 is 0 Å². The van der Waals surface area contributed by atoms with Gasteiger partial charge in [-0.3, -0.25) is 4.57 Å². The molecule has 8 heteroatoms. The van der Waals surface area contributed by atoms with Crippen LogP contribution in [0, 0.1) is 17.5 Å². The molecule has 0 saturated heterocycles. The van der Waals surface area contributed by atoms with Crippen molar-refractivity contribution in [2.75, 3.05) is 12.3 Å². The van der Waals surface area contributed by atoms with E-state index in [4.69, 9.17) is 10.5 Å². The zero-order valence-electron chi connectivity index (χ0n) is 10.4. The normalized spacial score (nSPS) is 10.6. The van der Waals surface area contributed by atoms with Crippen molar-refractivity contribution in [1.82, 2.24) is 9.55 Å². The van der Waals surface area contributed by atoms with Crippen LogP contribution in [0.15, 0.2) is 18.5 Å². The molecule has 0 spiro atoms. The Kier molecular flexibility index (Phi) is 3.64. The lowest BCUT2D eigenvalue weighted by molar-refractivity contribution is 0.0521. The SMILES string of the molecule is CCOC(=O)c1ncn(-c2c(F)cc(F)cc2F)c1N. The maximum Gasteiger partial charge on any atom is 0.360 e. The average molecular weight is 285 g/mol. The van der Waals surface area contributed by atoms with E-state index in [0.717, 1.165) is 10.9 Å². The third kappa shape index (κ3) is 2.31. The molecular weight excluding hydrogens is 275 g/mol. The van der Waals surface area contributed by atoms with Crippen LogP contribution in [0.3, 0.4) is 0 Å². The van der Waals surface area contributed by atoms with Crippen LogP contribution in [-0.2, 0) is 4.74 Å². The molecule has 0 amide bonds. The maximum absolute atomic E-state index is 13.6. The monoisotopic (exact) mass is 285 g/mol. The Bertz CT molecular complexity index is 647. The van der Waals surface area contributed by atoms with Crippen LogP contribution in [0.25, 0.3) is 5.69 Å². The molecule has 0 unspecified atom stereocenters. The summed E-state index contributed by atoms with van der Waals surface area (Å²) in [7, 11) is 0. The van der Waals surface area contributed by atoms with Crippen LogP contribution in [0.2, 0.25) is 0 Å². The lowest BCUT2D eigenvalue weighted by Crippen LogP contribution is -2.10. The molecule has 2 N–H and O–H groups in total. The van der Waals surface area contributed by atoms with Gasteiger partial charge in [0.25, 0.3) is 0 Å². The number of hydrogen-bond acceptors (Lipinski definition) is 4. The minimum atomic E-state index is -1.16. The summed E-state index contributed by atoms with van der Waals surface area (Å²) < 4.78 is 45.6. The first-order chi connectivity index (χ1) is 9.45. The molecule has 0 atom stereocenters. The molecule has 106 valence electrons. The summed E-state index contributed by atoms with van der Waals surface area (Å²) in [6.45, 7) is 1.69. The van der Waals surface area contributed by atoms with Crippen molar-refractivity contribution in [3.63, 3.8) is 0 Å². The molecule has 0 radical (unpaired) electrons. The summed E-state index contributed by atoms with van der Waals surface area (Å²) in [6, 6.07) is 1.00. The largest absolute Gasteiger partial charge is 0.461 e. The first-order valence-corrected chi connectivity index (χ1v) is 5.60. The summed E-state index contributed by atoms with van der Waals surface area (Å²) in [5.41, 5.74) is 4.73. The van der Waals surface area contributed by atoms with Crippen LogP contribution in [0.4, 0.5) is 19.0 Å². The van der Waals surface area contributed by atoms with Gasteiger partial charge in [-0.05, 0) is 6.92 Å². The van der Waals surface area contributed by atoms with Crippen LogP contribution in [0.5, 0.6) is 0 Å². The van der Waals surface area contributed by atoms with Gasteiger partial charge in [-0.1, -0.05) is 0 Å². The number of ether oxygens (including phenoxy) is 1. The molecule has 2 rings (SSSR count). The van der Waals surface area contributed by atoms with E-state index >= 15 is 0 Å². The summed E-state index contributed by atoms with van der Waals surface area (Å²) >= 11 is 0. The zero-order chi connectivity index (χ0) is 14.9. The lowest BCUT2D eigenvalue weighted by atomic mass is 10.2. The minimum Gasteiger partial charge on any atom is -0.461 e. The highest BCUT2D eigenvalue weighted by Crippen LogP contribution is 2.24. The van der Waals surface area contributed by atoms with E-state index < -0.39 is 29.1 Å². The number of nitrogen functional groups attached to an aromatic ring is 1. The van der Waals surface area contributed by atoms with Gasteiger partial charge in [0.1, 0.15) is 23.6 Å². The third-order valence-electron chi connectivity index (χ3n) is 2.50. The number of halogens is 3. The number of carbonyl (C=O) groups excluding carboxylic acids is 1. The lowest BCUT2D eigenvalue weighted by Gasteiger charge is -2.08. The molecule has 2 aromatic rings. The Balaban J connectivity index is 2.53. The van der Waals surface area contributed by atoms with Gasteiger partial charge < -0.3 is 10.5 Å². The number of carbonyl (C=O) groups is 1. The molecule has 20 heavy (non-hydrogen) atoms. The second-order valence-electron chi connectivity index (χ2n) is 3.79. The highest BCUT2D eigenvalue weighted by molar-refractivity contribution is 5.92. The number of nitrogens with zero attached hydrogens (tertiary/aromatic N) is 2. The van der Waals surface area contributed by atoms with E-state index in [1.165, 1.54) is 0 Å². The van der Waals surface area contributed by atoms with Crippen molar-refractivity contribution < 1.29 is 22.7 Å². The number of imidazole rings is 1. The molecule has 0 aliphatic rings. The highest BCUT2D eigenvalue weighted by atomic mass is 19.1. The Morgan fingerprint density at radius 1 is 1.35 bits per heavy atom. The standard InChI is InChI=1S/C12H10F3N3O2/c1-2-20-12(19)9-11(16)18(5-17-9)10-7(14)3-6(13)4-8(10)15/h3-5H,2,16H2,1H3. The third-order valence-corrected chi connectivity index (χ3v) is 2.50. The molecule has 5 nitrogen and oxygen atoms in total. The fourth-order valence-electron chi connectivity index (χ4n) is 1.66. The van der Waals surface area contributed by atoms with Gasteiger partial charge in [0.15, 0.2) is 17.3 Å². The molecule has 0 fully saturated rings. The fourth-order valence-corrected chi connectivity index (χ4v) is 1.66. The molecule has 0 saturated carbocycles. The summed E-state index contributed by atoms with van der Waals surface area (Å²) in [6.07, 6.45) is 0.959. The van der Waals surface area contributed by atoms with Crippen molar-refractivity contribution in [2.45, 2.75) is 6.92 Å². The predicted molar refractivity (Wildman–Crippen MR) is 63.8 cm³/mol. The van der Waals surface area contributed by atoms with Crippen LogP contribution in [0.1, 0.15) is 17.4 Å². The fraction of sp³-hybridized carbons (Fsp3) is 0.167. The van der Waals surface area contributed by atoms with E-state index in [1.54, 1.807) is 6.92 Å². The number of rotatable bonds is 3. The molecule has 0 aliphatic heterocycles. The molecule has 1 heterocycles. The van der Waals surface area contributed by atoms with Crippen molar-refractivity contribution >= 4 is 11.8 Å². The number of aromatic nitrogens is 2. The number of nitrogens with two attached hydrogens (primary N) is 1. The minimum absolute atomic E-state index is 0.102. The summed E-state index contributed by atoms with van der Waals surface area (Å²) in [5, 5.41) is 0. The van der Waals surface area contributed by atoms with Gasteiger partial charge in [-0.2, -0.15) is 0 Å². The van der Waals surface area contributed by atoms with Crippen molar-refractivity contribution in [1.29, 1.82) is 0 Å². The Hall–Kier alpha value is -2.51. The van der Waals surface area contributed by atoms with E-state index in [-0.39, 0.29) is 18.1 Å². The molecular formula is C12H10F3N3O2. The van der Waals surface area contributed by atoms with Crippen molar-refractivity contribution in [3.05, 3.63) is 41.6 Å². The van der Waals surface area contributed by atoms with E-state index in [9.17, 15) is 18.0 Å². The number of esters is 1. The van der Waals surface area contributed by atoms with Crippen LogP contribution < -0.4 is 5.73 Å². The van der Waals surface area contributed by atoms with Crippen molar-refractivity contribution in [2.24, 2.45) is 0 Å². The second-order valence-corrected chi connectivity index (χ2v) is 3.79. The van der Waals surface area contributed by atoms with Gasteiger partial charge in [0.05, 0.1) is 6.61 Å².